The van der Waals surface area contributed by atoms with Gasteiger partial charge in [0.2, 0.25) is 0 Å². The average Bonchev–Trinajstić information content (AvgIpc) is 3.99. The molecule has 3 heterocycles. The second-order valence-corrected chi connectivity index (χ2v) is 19.8. The number of fused-ring (bicyclic) bond motifs is 12. The Balaban J connectivity index is 1.02. The van der Waals surface area contributed by atoms with Gasteiger partial charge in [0.25, 0.3) is 0 Å². The number of nitrogens with zero attached hydrogens (tertiary/aromatic N) is 2. The molecule has 0 saturated heterocycles. The summed E-state index contributed by atoms with van der Waals surface area (Å²) in [7, 11) is 0. The van der Waals surface area contributed by atoms with Crippen LogP contribution in [0.2, 0.25) is 0 Å². The van der Waals surface area contributed by atoms with Crippen LogP contribution in [0.3, 0.4) is 0 Å². The number of hydrogen-bond acceptors (Lipinski definition) is 4. The first-order valence-corrected chi connectivity index (χ1v) is 24.7. The Kier molecular flexibility index (Phi) is 8.98. The van der Waals surface area contributed by atoms with Crippen molar-refractivity contribution < 1.29 is 0 Å². The van der Waals surface area contributed by atoms with Crippen LogP contribution in [0.25, 0.3) is 140 Å². The van der Waals surface area contributed by atoms with Crippen molar-refractivity contribution in [2.24, 2.45) is 0 Å². The molecule has 11 aromatic carbocycles. The third kappa shape index (κ3) is 6.37. The van der Waals surface area contributed by atoms with Crippen molar-refractivity contribution in [1.29, 1.82) is 0 Å². The molecule has 14 rings (SSSR count). The molecule has 0 aliphatic rings. The Morgan fingerprint density at radius 1 is 0.235 bits per heavy atom. The Morgan fingerprint density at radius 2 is 0.574 bits per heavy atom. The fourth-order valence-electron chi connectivity index (χ4n) is 10.4. The highest BCUT2D eigenvalue weighted by molar-refractivity contribution is 7.26. The molecule has 0 aliphatic heterocycles. The Morgan fingerprint density at radius 3 is 0.971 bits per heavy atom. The summed E-state index contributed by atoms with van der Waals surface area (Å²) in [5, 5.41) is 9.64. The highest BCUT2D eigenvalue weighted by Crippen LogP contribution is 2.48. The van der Waals surface area contributed by atoms with Crippen molar-refractivity contribution in [3.8, 4) is 66.8 Å². The van der Waals surface area contributed by atoms with Crippen LogP contribution in [0, 0.1) is 0 Å². The maximum absolute atomic E-state index is 4.99. The average molecular weight is 899 g/mol. The van der Waals surface area contributed by atoms with Crippen molar-refractivity contribution >= 4 is 95.6 Å². The van der Waals surface area contributed by atoms with Gasteiger partial charge >= 0.3 is 0 Å². The third-order valence-electron chi connectivity index (χ3n) is 13.7. The molecule has 0 spiro atoms. The lowest BCUT2D eigenvalue weighted by atomic mass is 9.90. The molecule has 316 valence electrons. The van der Waals surface area contributed by atoms with E-state index in [-0.39, 0.29) is 0 Å². The van der Waals surface area contributed by atoms with Gasteiger partial charge in [-0.2, -0.15) is 0 Å². The molecule has 0 saturated carbocycles. The second-order valence-electron chi connectivity index (χ2n) is 17.7. The second kappa shape index (κ2) is 15.7. The van der Waals surface area contributed by atoms with E-state index in [9.17, 15) is 0 Å². The van der Waals surface area contributed by atoms with E-state index >= 15 is 0 Å². The minimum Gasteiger partial charge on any atom is -0.252 e. The van der Waals surface area contributed by atoms with Crippen molar-refractivity contribution in [3.05, 3.63) is 231 Å². The maximum atomic E-state index is 4.99. The maximum Gasteiger partial charge on any atom is 0.0971 e. The van der Waals surface area contributed by atoms with Gasteiger partial charge in [-0.1, -0.05) is 158 Å². The van der Waals surface area contributed by atoms with Crippen molar-refractivity contribution in [2.75, 3.05) is 0 Å². The van der Waals surface area contributed by atoms with Gasteiger partial charge in [0.15, 0.2) is 0 Å². The molecular formula is C64H38N2S2. The Labute approximate surface area is 400 Å². The van der Waals surface area contributed by atoms with Gasteiger partial charge in [0.05, 0.1) is 11.0 Å². The van der Waals surface area contributed by atoms with Crippen LogP contribution < -0.4 is 0 Å². The molecule has 0 atom stereocenters. The SMILES string of the molecule is c1ccc(-c2ccc3sc4c(-c5ccc6c(c5)c5cc(-c7cc(-c8ccccc8)cc8c7sc7ccc(-c9ccccc9)cc78)ccc5c5nccnc65)cc(-c5ccccc5)cc4c3c2)cc1. The summed E-state index contributed by atoms with van der Waals surface area (Å²) < 4.78 is 5.14. The first-order chi connectivity index (χ1) is 33.7. The van der Waals surface area contributed by atoms with Gasteiger partial charge < -0.3 is 0 Å². The van der Waals surface area contributed by atoms with Crippen molar-refractivity contribution in [3.63, 3.8) is 0 Å². The highest BCUT2D eigenvalue weighted by atomic mass is 32.1. The molecular weight excluding hydrogens is 861 g/mol. The van der Waals surface area contributed by atoms with Gasteiger partial charge in [-0.25, -0.2) is 0 Å². The smallest absolute Gasteiger partial charge is 0.0971 e. The van der Waals surface area contributed by atoms with Crippen LogP contribution in [0.1, 0.15) is 0 Å². The van der Waals surface area contributed by atoms with E-state index < -0.39 is 0 Å². The van der Waals surface area contributed by atoms with E-state index in [1.807, 2.05) is 35.1 Å². The number of benzene rings is 11. The summed E-state index contributed by atoms with van der Waals surface area (Å²) in [4.78, 5) is 9.98. The van der Waals surface area contributed by atoms with Gasteiger partial charge in [-0.3, -0.25) is 9.97 Å². The van der Waals surface area contributed by atoms with E-state index in [1.165, 1.54) is 107 Å². The zero-order chi connectivity index (χ0) is 44.7. The Hall–Kier alpha value is -8.28. The molecule has 0 unspecified atom stereocenters. The summed E-state index contributed by atoms with van der Waals surface area (Å²) in [6, 6.07) is 80.5. The van der Waals surface area contributed by atoms with Crippen LogP contribution >= 0.6 is 22.7 Å². The van der Waals surface area contributed by atoms with Crippen molar-refractivity contribution in [1.82, 2.24) is 9.97 Å². The summed E-state index contributed by atoms with van der Waals surface area (Å²) in [5.41, 5.74) is 16.4. The van der Waals surface area contributed by atoms with Crippen LogP contribution in [-0.2, 0) is 0 Å². The standard InChI is InChI=1S/C64H38N2S2/c1-5-13-39(14-6-1)43-23-27-59-55(31-43)57-37-47(41-17-9-3-10-18-41)35-51(63(57)67-59)45-21-25-49-53(33-45)54-34-46(22-26-50(54)62-61(49)65-29-30-66-62)52-36-48(42-19-11-4-12-20-42)38-58-56-32-44(40-15-7-2-8-16-40)24-28-60(56)68-64(52)58/h1-38H. The summed E-state index contributed by atoms with van der Waals surface area (Å²) in [5.74, 6) is 0. The lowest BCUT2D eigenvalue weighted by Gasteiger charge is -2.14. The zero-order valence-corrected chi connectivity index (χ0v) is 38.3. The number of thiophene rings is 2. The topological polar surface area (TPSA) is 25.8 Å². The van der Waals surface area contributed by atoms with Crippen LogP contribution in [-0.4, -0.2) is 9.97 Å². The van der Waals surface area contributed by atoms with E-state index in [0.29, 0.717) is 0 Å². The normalized spacial score (nSPS) is 11.8. The number of hydrogen-bond donors (Lipinski definition) is 0. The molecule has 0 fully saturated rings. The first-order valence-electron chi connectivity index (χ1n) is 23.0. The summed E-state index contributed by atoms with van der Waals surface area (Å²) >= 11 is 3.77. The highest BCUT2D eigenvalue weighted by Gasteiger charge is 2.20. The van der Waals surface area contributed by atoms with E-state index in [1.54, 1.807) is 0 Å². The first kappa shape index (κ1) is 38.9. The molecule has 14 aromatic rings. The molecule has 0 aliphatic carbocycles. The monoisotopic (exact) mass is 898 g/mol. The molecule has 0 N–H and O–H groups in total. The minimum atomic E-state index is 0.917. The molecule has 3 aromatic heterocycles. The molecule has 0 amide bonds. The number of rotatable bonds is 6. The molecule has 4 heteroatoms. The fraction of sp³-hybridized carbons (Fsp3) is 0. The lowest BCUT2D eigenvalue weighted by molar-refractivity contribution is 1.31. The van der Waals surface area contributed by atoms with Crippen LogP contribution in [0.5, 0.6) is 0 Å². The zero-order valence-electron chi connectivity index (χ0n) is 36.7. The molecule has 0 radical (unpaired) electrons. The summed E-state index contributed by atoms with van der Waals surface area (Å²) in [6.07, 6.45) is 3.64. The van der Waals surface area contributed by atoms with E-state index in [4.69, 9.17) is 9.97 Å². The molecule has 2 nitrogen and oxygen atoms in total. The minimum absolute atomic E-state index is 0.917. The summed E-state index contributed by atoms with van der Waals surface area (Å²) in [6.45, 7) is 0. The van der Waals surface area contributed by atoms with Crippen LogP contribution in [0.4, 0.5) is 0 Å². The molecule has 68 heavy (non-hydrogen) atoms. The lowest BCUT2D eigenvalue weighted by Crippen LogP contribution is -1.91. The van der Waals surface area contributed by atoms with E-state index in [2.05, 4.69) is 218 Å². The van der Waals surface area contributed by atoms with Gasteiger partial charge in [-0.15, -0.1) is 22.7 Å². The largest absolute Gasteiger partial charge is 0.252 e. The fourth-order valence-corrected chi connectivity index (χ4v) is 12.8. The molecule has 0 bridgehead atoms. The van der Waals surface area contributed by atoms with Gasteiger partial charge in [0, 0.05) is 74.6 Å². The Bertz CT molecular complexity index is 4010. The van der Waals surface area contributed by atoms with Gasteiger partial charge in [-0.05, 0) is 127 Å². The predicted octanol–water partition coefficient (Wildman–Crippen LogP) is 18.7. The van der Waals surface area contributed by atoms with Gasteiger partial charge in [0.1, 0.15) is 0 Å². The van der Waals surface area contributed by atoms with Crippen molar-refractivity contribution in [2.45, 2.75) is 0 Å². The van der Waals surface area contributed by atoms with Crippen LogP contribution in [0.15, 0.2) is 231 Å². The quantitative estimate of drug-likeness (QED) is 0.155. The third-order valence-corrected chi connectivity index (χ3v) is 16.2. The van der Waals surface area contributed by atoms with E-state index in [0.717, 1.165) is 32.6 Å². The number of aromatic nitrogens is 2. The predicted molar refractivity (Wildman–Crippen MR) is 293 cm³/mol.